The van der Waals surface area contributed by atoms with Crippen molar-refractivity contribution in [2.45, 2.75) is 20.4 Å². The SMILES string of the molecule is CCNc1nc(-c2cnn(CC)c2)nc(-n2cncn2)n1. The van der Waals surface area contributed by atoms with Gasteiger partial charge in [-0.15, -0.1) is 0 Å². The summed E-state index contributed by atoms with van der Waals surface area (Å²) in [6.45, 7) is 5.51. The van der Waals surface area contributed by atoms with Gasteiger partial charge in [-0.3, -0.25) is 4.68 Å². The van der Waals surface area contributed by atoms with Crippen LogP contribution in [0.3, 0.4) is 0 Å². The Balaban J connectivity index is 2.06. The molecule has 3 rings (SSSR count). The van der Waals surface area contributed by atoms with Crippen LogP contribution in [0.5, 0.6) is 0 Å². The summed E-state index contributed by atoms with van der Waals surface area (Å²) in [5.74, 6) is 1.46. The van der Waals surface area contributed by atoms with E-state index in [1.54, 1.807) is 12.5 Å². The lowest BCUT2D eigenvalue weighted by Crippen LogP contribution is -2.10. The van der Waals surface area contributed by atoms with E-state index in [4.69, 9.17) is 0 Å². The Labute approximate surface area is 121 Å². The van der Waals surface area contributed by atoms with Crippen molar-refractivity contribution in [1.29, 1.82) is 0 Å². The topological polar surface area (TPSA) is 99.2 Å². The van der Waals surface area contributed by atoms with Gasteiger partial charge in [0.2, 0.25) is 5.95 Å². The van der Waals surface area contributed by atoms with Crippen molar-refractivity contribution in [3.05, 3.63) is 25.0 Å². The Morgan fingerprint density at radius 1 is 1.14 bits per heavy atom. The van der Waals surface area contributed by atoms with E-state index in [0.29, 0.717) is 24.3 Å². The number of nitrogens with one attached hydrogen (secondary N) is 1. The number of hydrogen-bond donors (Lipinski definition) is 1. The fourth-order valence-corrected chi connectivity index (χ4v) is 1.80. The molecular weight excluding hydrogens is 270 g/mol. The van der Waals surface area contributed by atoms with Crippen molar-refractivity contribution in [3.8, 4) is 17.3 Å². The first-order chi connectivity index (χ1) is 10.3. The zero-order valence-electron chi connectivity index (χ0n) is 11.8. The summed E-state index contributed by atoms with van der Waals surface area (Å²) in [6.07, 6.45) is 6.62. The maximum absolute atomic E-state index is 4.42. The van der Waals surface area contributed by atoms with Crippen molar-refractivity contribution in [2.75, 3.05) is 11.9 Å². The molecule has 0 saturated carbocycles. The van der Waals surface area contributed by atoms with E-state index in [-0.39, 0.29) is 0 Å². The molecule has 0 fully saturated rings. The molecular formula is C12H15N9. The van der Waals surface area contributed by atoms with Gasteiger partial charge in [-0.1, -0.05) is 0 Å². The van der Waals surface area contributed by atoms with Gasteiger partial charge >= 0.3 is 0 Å². The zero-order chi connectivity index (χ0) is 14.7. The number of rotatable bonds is 5. The van der Waals surface area contributed by atoms with Gasteiger partial charge in [0.1, 0.15) is 12.7 Å². The Bertz CT molecular complexity index is 716. The van der Waals surface area contributed by atoms with Crippen LogP contribution < -0.4 is 5.32 Å². The molecule has 0 amide bonds. The lowest BCUT2D eigenvalue weighted by Gasteiger charge is -2.06. The number of anilines is 1. The monoisotopic (exact) mass is 285 g/mol. The third-order valence-corrected chi connectivity index (χ3v) is 2.80. The maximum atomic E-state index is 4.42. The van der Waals surface area contributed by atoms with Crippen LogP contribution in [0.4, 0.5) is 5.95 Å². The summed E-state index contributed by atoms with van der Waals surface area (Å²) < 4.78 is 3.32. The molecule has 9 nitrogen and oxygen atoms in total. The summed E-state index contributed by atoms with van der Waals surface area (Å²) >= 11 is 0. The molecule has 3 heterocycles. The summed E-state index contributed by atoms with van der Waals surface area (Å²) in [4.78, 5) is 17.1. The van der Waals surface area contributed by atoms with E-state index in [0.717, 1.165) is 12.1 Å². The second kappa shape index (κ2) is 5.65. The average Bonchev–Trinajstić information content (AvgIpc) is 3.19. The molecule has 3 aromatic rings. The van der Waals surface area contributed by atoms with Gasteiger partial charge in [-0.2, -0.15) is 29.8 Å². The van der Waals surface area contributed by atoms with E-state index >= 15 is 0 Å². The van der Waals surface area contributed by atoms with Crippen LogP contribution in [0.1, 0.15) is 13.8 Å². The minimum Gasteiger partial charge on any atom is -0.354 e. The highest BCUT2D eigenvalue weighted by atomic mass is 15.4. The molecule has 0 aliphatic rings. The molecule has 0 aromatic carbocycles. The lowest BCUT2D eigenvalue weighted by atomic mass is 10.3. The highest BCUT2D eigenvalue weighted by Gasteiger charge is 2.11. The molecule has 3 aromatic heterocycles. The van der Waals surface area contributed by atoms with E-state index < -0.39 is 0 Å². The third-order valence-electron chi connectivity index (χ3n) is 2.80. The fourth-order valence-electron chi connectivity index (χ4n) is 1.80. The second-order valence-electron chi connectivity index (χ2n) is 4.24. The largest absolute Gasteiger partial charge is 0.354 e. The van der Waals surface area contributed by atoms with Crippen LogP contribution in [0.2, 0.25) is 0 Å². The average molecular weight is 285 g/mol. The van der Waals surface area contributed by atoms with E-state index in [1.165, 1.54) is 11.0 Å². The Morgan fingerprint density at radius 2 is 2.05 bits per heavy atom. The molecule has 0 aliphatic heterocycles. The smallest absolute Gasteiger partial charge is 0.257 e. The molecule has 0 aliphatic carbocycles. The summed E-state index contributed by atoms with van der Waals surface area (Å²) in [6, 6.07) is 0. The molecule has 108 valence electrons. The van der Waals surface area contributed by atoms with Gasteiger partial charge < -0.3 is 5.32 Å². The van der Waals surface area contributed by atoms with E-state index in [1.807, 2.05) is 24.7 Å². The van der Waals surface area contributed by atoms with Crippen LogP contribution in [0, 0.1) is 0 Å². The number of aryl methyl sites for hydroxylation is 1. The van der Waals surface area contributed by atoms with Gasteiger partial charge in [0.05, 0.1) is 11.8 Å². The van der Waals surface area contributed by atoms with E-state index in [2.05, 4.69) is 35.5 Å². The molecule has 1 N–H and O–H groups in total. The number of aromatic nitrogens is 8. The Morgan fingerprint density at radius 3 is 2.71 bits per heavy atom. The molecule has 0 spiro atoms. The summed E-state index contributed by atoms with van der Waals surface area (Å²) in [5.41, 5.74) is 0.833. The summed E-state index contributed by atoms with van der Waals surface area (Å²) in [7, 11) is 0. The van der Waals surface area contributed by atoms with Gasteiger partial charge in [0, 0.05) is 19.3 Å². The van der Waals surface area contributed by atoms with Gasteiger partial charge in [0.15, 0.2) is 5.82 Å². The lowest BCUT2D eigenvalue weighted by molar-refractivity contribution is 0.660. The van der Waals surface area contributed by atoms with Crippen molar-refractivity contribution in [1.82, 2.24) is 39.5 Å². The predicted molar refractivity (Wildman–Crippen MR) is 75.8 cm³/mol. The van der Waals surface area contributed by atoms with Crippen LogP contribution in [0.25, 0.3) is 17.3 Å². The van der Waals surface area contributed by atoms with Crippen LogP contribution in [-0.4, -0.2) is 46.0 Å². The van der Waals surface area contributed by atoms with Crippen molar-refractivity contribution in [2.24, 2.45) is 0 Å². The van der Waals surface area contributed by atoms with Crippen molar-refractivity contribution < 1.29 is 0 Å². The van der Waals surface area contributed by atoms with Crippen LogP contribution >= 0.6 is 0 Å². The molecule has 0 saturated heterocycles. The van der Waals surface area contributed by atoms with E-state index in [9.17, 15) is 0 Å². The first kappa shape index (κ1) is 13.2. The standard InChI is InChI=1S/C12H15N9/c1-3-14-11-17-10(9-5-15-20(4-2)6-9)18-12(19-11)21-8-13-7-16-21/h5-8H,3-4H2,1-2H3,(H,14,17,18,19). The second-order valence-corrected chi connectivity index (χ2v) is 4.24. The van der Waals surface area contributed by atoms with Gasteiger partial charge in [-0.25, -0.2) is 4.98 Å². The quantitative estimate of drug-likeness (QED) is 0.739. The highest BCUT2D eigenvalue weighted by Crippen LogP contribution is 2.16. The van der Waals surface area contributed by atoms with Crippen molar-refractivity contribution in [3.63, 3.8) is 0 Å². The predicted octanol–water partition coefficient (Wildman–Crippen LogP) is 0.767. The number of nitrogens with zero attached hydrogens (tertiary/aromatic N) is 8. The molecule has 0 bridgehead atoms. The maximum Gasteiger partial charge on any atom is 0.257 e. The summed E-state index contributed by atoms with van der Waals surface area (Å²) in [5, 5.41) is 11.4. The third kappa shape index (κ3) is 2.71. The van der Waals surface area contributed by atoms with Gasteiger partial charge in [0.25, 0.3) is 5.95 Å². The minimum atomic E-state index is 0.415. The molecule has 9 heteroatoms. The zero-order valence-corrected chi connectivity index (χ0v) is 11.8. The Hall–Kier alpha value is -2.84. The van der Waals surface area contributed by atoms with Gasteiger partial charge in [-0.05, 0) is 13.8 Å². The molecule has 0 atom stereocenters. The number of hydrogen-bond acceptors (Lipinski definition) is 7. The van der Waals surface area contributed by atoms with Crippen LogP contribution in [-0.2, 0) is 6.54 Å². The molecule has 0 radical (unpaired) electrons. The van der Waals surface area contributed by atoms with Crippen molar-refractivity contribution >= 4 is 5.95 Å². The molecule has 21 heavy (non-hydrogen) atoms. The van der Waals surface area contributed by atoms with Crippen LogP contribution in [0.15, 0.2) is 25.0 Å². The normalized spacial score (nSPS) is 10.8. The Kier molecular flexibility index (Phi) is 3.54. The first-order valence-electron chi connectivity index (χ1n) is 6.68. The first-order valence-corrected chi connectivity index (χ1v) is 6.68. The fraction of sp³-hybridized carbons (Fsp3) is 0.333. The minimum absolute atomic E-state index is 0.415. The highest BCUT2D eigenvalue weighted by molar-refractivity contribution is 5.54. The molecule has 0 unspecified atom stereocenters.